The van der Waals surface area contributed by atoms with Crippen LogP contribution in [0.1, 0.15) is 25.0 Å². The summed E-state index contributed by atoms with van der Waals surface area (Å²) < 4.78 is 0. The van der Waals surface area contributed by atoms with Gasteiger partial charge >= 0.3 is 0 Å². The molecule has 0 aliphatic rings. The lowest BCUT2D eigenvalue weighted by Gasteiger charge is -2.15. The Labute approximate surface area is 103 Å². The zero-order chi connectivity index (χ0) is 12.8. The number of aliphatic hydroxyl groups is 1. The number of carbonyl (C=O) groups excluding carboxylic acids is 1. The molecule has 17 heavy (non-hydrogen) atoms. The molecular formula is C14H21NO2. The monoisotopic (exact) mass is 235 g/mol. The topological polar surface area (TPSA) is 49.3 Å². The van der Waals surface area contributed by atoms with Gasteiger partial charge in [0.25, 0.3) is 0 Å². The van der Waals surface area contributed by atoms with Gasteiger partial charge in [-0.2, -0.15) is 0 Å². The maximum atomic E-state index is 11.6. The van der Waals surface area contributed by atoms with Crippen LogP contribution in [-0.4, -0.2) is 23.7 Å². The summed E-state index contributed by atoms with van der Waals surface area (Å²) in [6.45, 7) is 6.19. The van der Waals surface area contributed by atoms with Crippen molar-refractivity contribution < 1.29 is 9.90 Å². The highest BCUT2D eigenvalue weighted by atomic mass is 16.3. The molecule has 1 atom stereocenters. The first-order valence-electron chi connectivity index (χ1n) is 5.99. The van der Waals surface area contributed by atoms with Gasteiger partial charge in [-0.15, -0.1) is 0 Å². The molecule has 0 bridgehead atoms. The second-order valence-electron chi connectivity index (χ2n) is 4.78. The van der Waals surface area contributed by atoms with Gasteiger partial charge in [0.1, 0.15) is 0 Å². The van der Waals surface area contributed by atoms with Crippen molar-refractivity contribution >= 4 is 5.91 Å². The van der Waals surface area contributed by atoms with E-state index in [1.54, 1.807) is 0 Å². The maximum absolute atomic E-state index is 11.6. The lowest BCUT2D eigenvalue weighted by Crippen LogP contribution is -2.35. The van der Waals surface area contributed by atoms with Crippen molar-refractivity contribution in [1.82, 2.24) is 5.32 Å². The molecule has 1 aromatic rings. The van der Waals surface area contributed by atoms with Gasteiger partial charge in [0.15, 0.2) is 0 Å². The van der Waals surface area contributed by atoms with Crippen molar-refractivity contribution in [3.8, 4) is 0 Å². The van der Waals surface area contributed by atoms with Crippen molar-refractivity contribution in [2.75, 3.05) is 6.54 Å². The standard InChI is InChI=1S/C14H21NO2/c1-10(2)13(16)9-15-14(17)8-12-6-4-11(3)5-7-12/h4-7,10,13,16H,8-9H2,1-3H3,(H,15,17)/t13-/m0/s1. The molecule has 1 aromatic carbocycles. The fraction of sp³-hybridized carbons (Fsp3) is 0.500. The summed E-state index contributed by atoms with van der Waals surface area (Å²) in [4.78, 5) is 11.6. The zero-order valence-corrected chi connectivity index (χ0v) is 10.7. The van der Waals surface area contributed by atoms with E-state index in [1.807, 2.05) is 45.0 Å². The van der Waals surface area contributed by atoms with E-state index in [-0.39, 0.29) is 11.8 Å². The third kappa shape index (κ3) is 5.00. The minimum absolute atomic E-state index is 0.0476. The van der Waals surface area contributed by atoms with Gasteiger partial charge < -0.3 is 10.4 Å². The fourth-order valence-electron chi connectivity index (χ4n) is 1.41. The summed E-state index contributed by atoms with van der Waals surface area (Å²) in [6.07, 6.45) is -0.109. The summed E-state index contributed by atoms with van der Waals surface area (Å²) in [5.41, 5.74) is 2.18. The first kappa shape index (κ1) is 13.7. The molecular weight excluding hydrogens is 214 g/mol. The van der Waals surface area contributed by atoms with Crippen LogP contribution in [0.2, 0.25) is 0 Å². The normalized spacial score (nSPS) is 12.5. The Morgan fingerprint density at radius 2 is 1.88 bits per heavy atom. The zero-order valence-electron chi connectivity index (χ0n) is 10.7. The minimum Gasteiger partial charge on any atom is -0.391 e. The van der Waals surface area contributed by atoms with Gasteiger partial charge in [0.2, 0.25) is 5.91 Å². The number of amides is 1. The van der Waals surface area contributed by atoms with E-state index in [4.69, 9.17) is 0 Å². The Bertz CT molecular complexity index is 357. The summed E-state index contributed by atoms with van der Waals surface area (Å²) in [6, 6.07) is 7.89. The number of hydrogen-bond donors (Lipinski definition) is 2. The third-order valence-corrected chi connectivity index (χ3v) is 2.76. The van der Waals surface area contributed by atoms with Crippen LogP contribution in [0.25, 0.3) is 0 Å². The third-order valence-electron chi connectivity index (χ3n) is 2.76. The molecule has 3 nitrogen and oxygen atoms in total. The molecule has 2 N–H and O–H groups in total. The highest BCUT2D eigenvalue weighted by Gasteiger charge is 2.10. The summed E-state index contributed by atoms with van der Waals surface area (Å²) in [5.74, 6) is 0.114. The average molecular weight is 235 g/mol. The second kappa shape index (κ2) is 6.40. The van der Waals surface area contributed by atoms with Gasteiger partial charge in [-0.3, -0.25) is 4.79 Å². The molecule has 0 aliphatic carbocycles. The number of aliphatic hydroxyl groups excluding tert-OH is 1. The van der Waals surface area contributed by atoms with E-state index in [2.05, 4.69) is 5.32 Å². The molecule has 0 fully saturated rings. The molecule has 0 aromatic heterocycles. The Balaban J connectivity index is 2.37. The van der Waals surface area contributed by atoms with Crippen LogP contribution >= 0.6 is 0 Å². The number of benzene rings is 1. The second-order valence-corrected chi connectivity index (χ2v) is 4.78. The molecule has 0 aliphatic heterocycles. The van der Waals surface area contributed by atoms with E-state index in [0.29, 0.717) is 13.0 Å². The predicted octanol–water partition coefficient (Wildman–Crippen LogP) is 1.67. The first-order valence-corrected chi connectivity index (χ1v) is 5.99. The van der Waals surface area contributed by atoms with Crippen LogP contribution < -0.4 is 5.32 Å². The SMILES string of the molecule is Cc1ccc(CC(=O)NC[C@H](O)C(C)C)cc1. The molecule has 0 unspecified atom stereocenters. The van der Waals surface area contributed by atoms with Crippen LogP contribution in [-0.2, 0) is 11.2 Å². The summed E-state index contributed by atoms with van der Waals surface area (Å²) >= 11 is 0. The minimum atomic E-state index is -0.475. The molecule has 0 saturated carbocycles. The number of carbonyl (C=O) groups is 1. The van der Waals surface area contributed by atoms with E-state index < -0.39 is 6.10 Å². The number of nitrogens with one attached hydrogen (secondary N) is 1. The van der Waals surface area contributed by atoms with Crippen LogP contribution in [0.5, 0.6) is 0 Å². The van der Waals surface area contributed by atoms with Gasteiger partial charge in [-0.1, -0.05) is 43.7 Å². The van der Waals surface area contributed by atoms with Crippen LogP contribution in [0.4, 0.5) is 0 Å². The summed E-state index contributed by atoms with van der Waals surface area (Å²) in [7, 11) is 0. The number of rotatable bonds is 5. The molecule has 0 heterocycles. The van der Waals surface area contributed by atoms with Crippen LogP contribution in [0.15, 0.2) is 24.3 Å². The van der Waals surface area contributed by atoms with Crippen molar-refractivity contribution in [3.05, 3.63) is 35.4 Å². The molecule has 1 rings (SSSR count). The molecule has 0 radical (unpaired) electrons. The van der Waals surface area contributed by atoms with Gasteiger partial charge in [0.05, 0.1) is 12.5 Å². The average Bonchev–Trinajstić information content (AvgIpc) is 2.29. The van der Waals surface area contributed by atoms with E-state index in [9.17, 15) is 9.90 Å². The quantitative estimate of drug-likeness (QED) is 0.815. The van der Waals surface area contributed by atoms with E-state index in [1.165, 1.54) is 5.56 Å². The molecule has 3 heteroatoms. The summed E-state index contributed by atoms with van der Waals surface area (Å²) in [5, 5.41) is 12.3. The highest BCUT2D eigenvalue weighted by molar-refractivity contribution is 5.78. The van der Waals surface area contributed by atoms with Crippen molar-refractivity contribution in [2.45, 2.75) is 33.3 Å². The number of hydrogen-bond acceptors (Lipinski definition) is 2. The first-order chi connectivity index (χ1) is 7.99. The molecule has 1 amide bonds. The van der Waals surface area contributed by atoms with Gasteiger partial charge in [-0.25, -0.2) is 0 Å². The Morgan fingerprint density at radius 3 is 2.41 bits per heavy atom. The van der Waals surface area contributed by atoms with E-state index >= 15 is 0 Å². The Kier molecular flexibility index (Phi) is 5.16. The Morgan fingerprint density at radius 1 is 1.29 bits per heavy atom. The van der Waals surface area contributed by atoms with Crippen molar-refractivity contribution in [2.24, 2.45) is 5.92 Å². The van der Waals surface area contributed by atoms with Gasteiger partial charge in [-0.05, 0) is 18.4 Å². The van der Waals surface area contributed by atoms with Crippen molar-refractivity contribution in [1.29, 1.82) is 0 Å². The highest BCUT2D eigenvalue weighted by Crippen LogP contribution is 2.04. The fourth-order valence-corrected chi connectivity index (χ4v) is 1.41. The lowest BCUT2D eigenvalue weighted by atomic mass is 10.1. The van der Waals surface area contributed by atoms with Crippen LogP contribution in [0.3, 0.4) is 0 Å². The smallest absolute Gasteiger partial charge is 0.224 e. The van der Waals surface area contributed by atoms with Gasteiger partial charge in [0, 0.05) is 6.54 Å². The van der Waals surface area contributed by atoms with Crippen LogP contribution in [0, 0.1) is 12.8 Å². The lowest BCUT2D eigenvalue weighted by molar-refractivity contribution is -0.121. The molecule has 0 saturated heterocycles. The number of aryl methyl sites for hydroxylation is 1. The van der Waals surface area contributed by atoms with E-state index in [0.717, 1.165) is 5.56 Å². The molecule has 0 spiro atoms. The maximum Gasteiger partial charge on any atom is 0.224 e. The largest absolute Gasteiger partial charge is 0.391 e. The van der Waals surface area contributed by atoms with Crippen molar-refractivity contribution in [3.63, 3.8) is 0 Å². The molecule has 94 valence electrons. The Hall–Kier alpha value is -1.35. The predicted molar refractivity (Wildman–Crippen MR) is 68.7 cm³/mol.